The smallest absolute Gasteiger partial charge is 0.126 e. The normalized spacial score (nSPS) is 11.3. The van der Waals surface area contributed by atoms with Crippen molar-refractivity contribution in [3.8, 4) is 22.3 Å². The van der Waals surface area contributed by atoms with Crippen molar-refractivity contribution in [2.75, 3.05) is 9.80 Å². The molecular formula is C54H40F4N2. The number of benzene rings is 9. The molecule has 0 radical (unpaired) electrons. The standard InChI is InChI=1S/C54H40F4N2/c1-33-24-34(2)36(4)54(35(33)3)60(45-18-12-7-13-19-45)47-21-23-49-51(32-47)53(38-27-41(57)30-42(58)28-38)48-22-20-46(31-50(48)52(49)37-25-39(55)29-40(56)26-37)59(43-14-8-5-9-15-43)44-16-10-6-11-17-44/h5-32H,1-4H3. The van der Waals surface area contributed by atoms with Crippen LogP contribution in [0.5, 0.6) is 0 Å². The Hall–Kier alpha value is -7.18. The Morgan fingerprint density at radius 2 is 0.667 bits per heavy atom. The highest BCUT2D eigenvalue weighted by atomic mass is 19.1. The van der Waals surface area contributed by atoms with Crippen LogP contribution in [0.15, 0.2) is 170 Å². The zero-order valence-corrected chi connectivity index (χ0v) is 33.6. The Labute approximate surface area is 347 Å². The first-order valence-electron chi connectivity index (χ1n) is 19.8. The fourth-order valence-electron chi connectivity index (χ4n) is 8.62. The third-order valence-electron chi connectivity index (χ3n) is 11.5. The minimum Gasteiger partial charge on any atom is -0.310 e. The predicted octanol–water partition coefficient (Wildman–Crippen LogP) is 16.1. The Bertz CT molecular complexity index is 2970. The van der Waals surface area contributed by atoms with Gasteiger partial charge in [0.05, 0.1) is 5.69 Å². The lowest BCUT2D eigenvalue weighted by atomic mass is 9.85. The second kappa shape index (κ2) is 15.5. The molecule has 0 fully saturated rings. The summed E-state index contributed by atoms with van der Waals surface area (Å²) in [6, 6.07) is 51.1. The summed E-state index contributed by atoms with van der Waals surface area (Å²) in [6.07, 6.45) is 0. The molecule has 0 aromatic heterocycles. The van der Waals surface area contributed by atoms with Crippen molar-refractivity contribution in [2.45, 2.75) is 27.7 Å². The van der Waals surface area contributed by atoms with Crippen LogP contribution < -0.4 is 9.80 Å². The Morgan fingerprint density at radius 1 is 0.317 bits per heavy atom. The van der Waals surface area contributed by atoms with E-state index >= 15 is 17.6 Å². The highest BCUT2D eigenvalue weighted by molar-refractivity contribution is 6.22. The van der Waals surface area contributed by atoms with Gasteiger partial charge in [0.15, 0.2) is 0 Å². The van der Waals surface area contributed by atoms with E-state index in [1.165, 1.54) is 24.3 Å². The first-order valence-corrected chi connectivity index (χ1v) is 19.8. The van der Waals surface area contributed by atoms with Crippen LogP contribution in [-0.2, 0) is 0 Å². The molecule has 0 amide bonds. The van der Waals surface area contributed by atoms with E-state index in [1.54, 1.807) is 0 Å². The van der Waals surface area contributed by atoms with E-state index in [9.17, 15) is 0 Å². The summed E-state index contributed by atoms with van der Waals surface area (Å²) >= 11 is 0. The average Bonchev–Trinajstić information content (AvgIpc) is 3.24. The van der Waals surface area contributed by atoms with Crippen molar-refractivity contribution in [1.29, 1.82) is 0 Å². The lowest BCUT2D eigenvalue weighted by Gasteiger charge is -2.31. The molecule has 60 heavy (non-hydrogen) atoms. The van der Waals surface area contributed by atoms with E-state index in [0.717, 1.165) is 68.5 Å². The second-order valence-electron chi connectivity index (χ2n) is 15.3. The number of hydrogen-bond acceptors (Lipinski definition) is 2. The van der Waals surface area contributed by atoms with Crippen molar-refractivity contribution in [3.63, 3.8) is 0 Å². The van der Waals surface area contributed by atoms with E-state index in [2.05, 4.69) is 55.7 Å². The van der Waals surface area contributed by atoms with Crippen LogP contribution in [-0.4, -0.2) is 0 Å². The van der Waals surface area contributed by atoms with Crippen LogP contribution in [0.1, 0.15) is 22.3 Å². The van der Waals surface area contributed by atoms with E-state index in [4.69, 9.17) is 0 Å². The summed E-state index contributed by atoms with van der Waals surface area (Å²) in [5.74, 6) is -2.88. The minimum atomic E-state index is -0.721. The molecule has 0 atom stereocenters. The van der Waals surface area contributed by atoms with Crippen molar-refractivity contribution >= 4 is 55.7 Å². The average molecular weight is 793 g/mol. The van der Waals surface area contributed by atoms with Crippen molar-refractivity contribution in [1.82, 2.24) is 0 Å². The van der Waals surface area contributed by atoms with Crippen LogP contribution in [0.2, 0.25) is 0 Å². The van der Waals surface area contributed by atoms with Gasteiger partial charge in [0.2, 0.25) is 0 Å². The van der Waals surface area contributed by atoms with Crippen LogP contribution in [0.4, 0.5) is 51.7 Å². The van der Waals surface area contributed by atoms with Crippen LogP contribution >= 0.6 is 0 Å². The number of hydrogen-bond donors (Lipinski definition) is 0. The fourth-order valence-corrected chi connectivity index (χ4v) is 8.62. The number of para-hydroxylation sites is 3. The van der Waals surface area contributed by atoms with Crippen LogP contribution in [0.25, 0.3) is 43.8 Å². The molecule has 294 valence electrons. The van der Waals surface area contributed by atoms with Gasteiger partial charge in [-0.3, -0.25) is 0 Å². The van der Waals surface area contributed by atoms with Gasteiger partial charge in [0.1, 0.15) is 23.3 Å². The third kappa shape index (κ3) is 6.94. The van der Waals surface area contributed by atoms with E-state index in [0.29, 0.717) is 43.8 Å². The van der Waals surface area contributed by atoms with E-state index in [-0.39, 0.29) is 0 Å². The summed E-state index contributed by atoms with van der Waals surface area (Å²) < 4.78 is 61.4. The molecule has 0 unspecified atom stereocenters. The van der Waals surface area contributed by atoms with Gasteiger partial charge in [-0.15, -0.1) is 0 Å². The van der Waals surface area contributed by atoms with Gasteiger partial charge < -0.3 is 9.80 Å². The van der Waals surface area contributed by atoms with Gasteiger partial charge in [-0.1, -0.05) is 72.8 Å². The maximum atomic E-state index is 15.4. The highest BCUT2D eigenvalue weighted by Crippen LogP contribution is 2.49. The number of anilines is 6. The molecule has 6 heteroatoms. The monoisotopic (exact) mass is 792 g/mol. The number of nitrogens with zero attached hydrogens (tertiary/aromatic N) is 2. The van der Waals surface area contributed by atoms with Crippen LogP contribution in [0.3, 0.4) is 0 Å². The summed E-state index contributed by atoms with van der Waals surface area (Å²) in [5, 5.41) is 2.61. The third-order valence-corrected chi connectivity index (χ3v) is 11.5. The zero-order chi connectivity index (χ0) is 41.7. The molecule has 0 spiro atoms. The molecule has 9 aromatic carbocycles. The Kier molecular flexibility index (Phi) is 9.93. The minimum absolute atomic E-state index is 0.330. The van der Waals surface area contributed by atoms with Gasteiger partial charge in [-0.05, 0) is 179 Å². The van der Waals surface area contributed by atoms with Crippen molar-refractivity contribution in [3.05, 3.63) is 215 Å². The molecule has 9 rings (SSSR count). The molecule has 0 N–H and O–H groups in total. The topological polar surface area (TPSA) is 6.48 Å². The lowest BCUT2D eigenvalue weighted by Crippen LogP contribution is -2.14. The first-order chi connectivity index (χ1) is 29.0. The molecule has 9 aromatic rings. The predicted molar refractivity (Wildman–Crippen MR) is 240 cm³/mol. The summed E-state index contributed by atoms with van der Waals surface area (Å²) in [5.41, 5.74) is 11.7. The molecule has 0 saturated carbocycles. The zero-order valence-electron chi connectivity index (χ0n) is 33.6. The summed E-state index contributed by atoms with van der Waals surface area (Å²) in [7, 11) is 0. The molecular weight excluding hydrogens is 753 g/mol. The summed E-state index contributed by atoms with van der Waals surface area (Å²) in [4.78, 5) is 4.32. The quantitative estimate of drug-likeness (QED) is 0.112. The molecule has 0 bridgehead atoms. The number of aryl methyl sites for hydroxylation is 2. The van der Waals surface area contributed by atoms with Gasteiger partial charge in [0, 0.05) is 40.6 Å². The lowest BCUT2D eigenvalue weighted by molar-refractivity contribution is 0.583. The van der Waals surface area contributed by atoms with Crippen molar-refractivity contribution < 1.29 is 17.6 Å². The number of halogens is 4. The molecule has 0 heterocycles. The molecule has 2 nitrogen and oxygen atoms in total. The maximum Gasteiger partial charge on any atom is 0.126 e. The Balaban J connectivity index is 1.43. The van der Waals surface area contributed by atoms with Gasteiger partial charge in [-0.25, -0.2) is 17.6 Å². The first kappa shape index (κ1) is 38.3. The Morgan fingerprint density at radius 3 is 1.05 bits per heavy atom. The molecule has 0 aliphatic heterocycles. The van der Waals surface area contributed by atoms with Crippen LogP contribution in [0, 0.1) is 51.0 Å². The largest absolute Gasteiger partial charge is 0.310 e. The number of fused-ring (bicyclic) bond motifs is 2. The van der Waals surface area contributed by atoms with Gasteiger partial charge in [-0.2, -0.15) is 0 Å². The highest BCUT2D eigenvalue weighted by Gasteiger charge is 2.25. The molecule has 0 saturated heterocycles. The fraction of sp³-hybridized carbons (Fsp3) is 0.0741. The van der Waals surface area contributed by atoms with Gasteiger partial charge in [0.25, 0.3) is 0 Å². The maximum absolute atomic E-state index is 15.4. The SMILES string of the molecule is Cc1cc(C)c(C)c(N(c2ccccc2)c2ccc3c(-c4cc(F)cc(F)c4)c4cc(N(c5ccccc5)c5ccccc5)ccc4c(-c4cc(F)cc(F)c4)c3c2)c1C. The molecule has 0 aliphatic carbocycles. The van der Waals surface area contributed by atoms with E-state index < -0.39 is 23.3 Å². The van der Waals surface area contributed by atoms with Crippen molar-refractivity contribution in [2.24, 2.45) is 0 Å². The summed E-state index contributed by atoms with van der Waals surface area (Å²) in [6.45, 7) is 8.44. The van der Waals surface area contributed by atoms with E-state index in [1.807, 2.05) is 115 Å². The molecule has 0 aliphatic rings. The number of rotatable bonds is 8. The van der Waals surface area contributed by atoms with Gasteiger partial charge >= 0.3 is 0 Å². The second-order valence-corrected chi connectivity index (χ2v) is 15.3.